The van der Waals surface area contributed by atoms with Crippen LogP contribution in [0, 0.1) is 0 Å². The molecular weight excluding hydrogens is 685 g/mol. The van der Waals surface area contributed by atoms with E-state index in [1.165, 1.54) is 94.6 Å². The Labute approximate surface area is 341 Å². The molecule has 0 N–H and O–H groups in total. The lowest BCUT2D eigenvalue weighted by Gasteiger charge is -2.32. The first-order valence-corrected chi connectivity index (χ1v) is 20.9. The van der Waals surface area contributed by atoms with Gasteiger partial charge in [-0.2, -0.15) is 0 Å². The highest BCUT2D eigenvalue weighted by Gasteiger charge is 2.40. The van der Waals surface area contributed by atoms with Crippen molar-refractivity contribution in [3.8, 4) is 44.5 Å². The fourth-order valence-corrected chi connectivity index (χ4v) is 10.1. The summed E-state index contributed by atoms with van der Waals surface area (Å²) in [5, 5.41) is 0. The molecule has 2 aliphatic carbocycles. The first-order valence-electron chi connectivity index (χ1n) is 20.9. The predicted molar refractivity (Wildman–Crippen MR) is 244 cm³/mol. The van der Waals surface area contributed by atoms with Crippen LogP contribution in [-0.2, 0) is 21.7 Å². The average Bonchev–Trinajstić information content (AvgIpc) is 3.57. The first-order chi connectivity index (χ1) is 27.0. The van der Waals surface area contributed by atoms with Crippen molar-refractivity contribution < 1.29 is 0 Å². The van der Waals surface area contributed by atoms with Crippen molar-refractivity contribution in [3.05, 3.63) is 202 Å². The maximum Gasteiger partial charge on any atom is 0.0340 e. The van der Waals surface area contributed by atoms with Crippen molar-refractivity contribution in [2.24, 2.45) is 0 Å². The van der Waals surface area contributed by atoms with Crippen molar-refractivity contribution in [2.45, 2.75) is 96.8 Å². The summed E-state index contributed by atoms with van der Waals surface area (Å²) in [4.78, 5) is 0. The molecule has 57 heavy (non-hydrogen) atoms. The number of hydrogen-bond donors (Lipinski definition) is 0. The average molecular weight is 741 g/mol. The lowest BCUT2D eigenvalue weighted by molar-refractivity contribution is 0.527. The van der Waals surface area contributed by atoms with Crippen molar-refractivity contribution in [1.29, 1.82) is 0 Å². The minimum atomic E-state index is -0.0882. The molecule has 0 fully saturated rings. The SMILES string of the molecule is CC(C)(C)c1cc2c(cc1C(C)(C)C)C(C)(C)c1cccc(-c3ccc(C(c4ccc(-c5ccccc5)cc4)c4ccc5c(c4)C(C)(C)c4ccccc4-5)cc3)c1-2. The van der Waals surface area contributed by atoms with Crippen LogP contribution in [0.25, 0.3) is 44.5 Å². The van der Waals surface area contributed by atoms with Crippen molar-refractivity contribution >= 4 is 0 Å². The molecule has 0 saturated heterocycles. The Kier molecular flexibility index (Phi) is 8.49. The zero-order valence-corrected chi connectivity index (χ0v) is 35.5. The van der Waals surface area contributed by atoms with E-state index in [0.717, 1.165) is 0 Å². The second kappa shape index (κ2) is 13.0. The molecule has 7 aromatic rings. The maximum absolute atomic E-state index is 2.55. The van der Waals surface area contributed by atoms with Crippen LogP contribution < -0.4 is 0 Å². The van der Waals surface area contributed by atoms with E-state index in [1.54, 1.807) is 0 Å². The third-order valence-electron chi connectivity index (χ3n) is 13.3. The zero-order valence-electron chi connectivity index (χ0n) is 35.5. The van der Waals surface area contributed by atoms with Crippen molar-refractivity contribution in [2.75, 3.05) is 0 Å². The van der Waals surface area contributed by atoms with Gasteiger partial charge in [-0.05, 0) is 111 Å². The van der Waals surface area contributed by atoms with Crippen LogP contribution in [0.4, 0.5) is 0 Å². The van der Waals surface area contributed by atoms with Gasteiger partial charge in [0.05, 0.1) is 0 Å². The Morgan fingerprint density at radius 2 is 0.825 bits per heavy atom. The summed E-state index contributed by atoms with van der Waals surface area (Å²) in [6.45, 7) is 23.8. The Hall–Kier alpha value is -5.46. The Morgan fingerprint density at radius 1 is 0.351 bits per heavy atom. The zero-order chi connectivity index (χ0) is 40.1. The van der Waals surface area contributed by atoms with E-state index in [4.69, 9.17) is 0 Å². The minimum Gasteiger partial charge on any atom is -0.0622 e. The van der Waals surface area contributed by atoms with E-state index in [9.17, 15) is 0 Å². The van der Waals surface area contributed by atoms with Gasteiger partial charge in [0.25, 0.3) is 0 Å². The summed E-state index contributed by atoms with van der Waals surface area (Å²) in [5.74, 6) is 0.0833. The minimum absolute atomic E-state index is 0.0327. The highest BCUT2D eigenvalue weighted by molar-refractivity contribution is 5.93. The van der Waals surface area contributed by atoms with Gasteiger partial charge in [0.15, 0.2) is 0 Å². The van der Waals surface area contributed by atoms with Crippen LogP contribution in [0.1, 0.15) is 125 Å². The second-order valence-corrected chi connectivity index (χ2v) is 19.8. The van der Waals surface area contributed by atoms with Gasteiger partial charge in [0.1, 0.15) is 0 Å². The quantitative estimate of drug-likeness (QED) is 0.154. The van der Waals surface area contributed by atoms with Gasteiger partial charge in [-0.3, -0.25) is 0 Å². The van der Waals surface area contributed by atoms with E-state index in [-0.39, 0.29) is 27.6 Å². The molecule has 0 aromatic heterocycles. The van der Waals surface area contributed by atoms with Crippen molar-refractivity contribution in [1.82, 2.24) is 0 Å². The number of rotatable bonds is 5. The summed E-state index contributed by atoms with van der Waals surface area (Å²) < 4.78 is 0. The summed E-state index contributed by atoms with van der Waals surface area (Å²) in [5.41, 5.74) is 23.0. The van der Waals surface area contributed by atoms with Crippen molar-refractivity contribution in [3.63, 3.8) is 0 Å². The van der Waals surface area contributed by atoms with Crippen LogP contribution in [-0.4, -0.2) is 0 Å². The topological polar surface area (TPSA) is 0 Å². The number of hydrogen-bond acceptors (Lipinski definition) is 0. The molecule has 0 nitrogen and oxygen atoms in total. The van der Waals surface area contributed by atoms with Crippen LogP contribution in [0.2, 0.25) is 0 Å². The van der Waals surface area contributed by atoms with E-state index in [0.29, 0.717) is 0 Å². The summed E-state index contributed by atoms with van der Waals surface area (Å²) in [6, 6.07) is 57.8. The molecule has 1 atom stereocenters. The predicted octanol–water partition coefficient (Wildman–Crippen LogP) is 15.4. The molecule has 0 radical (unpaired) electrons. The highest BCUT2D eigenvalue weighted by atomic mass is 14.4. The molecule has 0 amide bonds. The molecule has 0 heterocycles. The maximum atomic E-state index is 2.55. The van der Waals surface area contributed by atoms with Gasteiger partial charge in [-0.25, -0.2) is 0 Å². The molecule has 0 spiro atoms. The standard InChI is InChI=1S/C57H56/c1-54(2,3)50-34-45-49(35-51(50)55(4,5)6)57(9,10)47-22-16-20-42(53(45)47)38-25-29-40(30-26-38)52(39-27-23-37(24-28-39)36-17-12-11-13-18-36)41-31-32-44-43-19-14-15-21-46(43)56(7,8)48(44)33-41/h11-35,52H,1-10H3. The van der Waals surface area contributed by atoms with E-state index in [2.05, 4.69) is 221 Å². The van der Waals surface area contributed by atoms with Crippen LogP contribution in [0.3, 0.4) is 0 Å². The largest absolute Gasteiger partial charge is 0.0622 e. The molecule has 0 bridgehead atoms. The number of fused-ring (bicyclic) bond motifs is 6. The Morgan fingerprint density at radius 3 is 1.47 bits per heavy atom. The molecule has 2 aliphatic rings. The van der Waals surface area contributed by atoms with Gasteiger partial charge >= 0.3 is 0 Å². The lowest BCUT2D eigenvalue weighted by atomic mass is 9.72. The molecule has 0 aliphatic heterocycles. The fraction of sp³-hybridized carbons (Fsp3) is 0.263. The van der Waals surface area contributed by atoms with Gasteiger partial charge in [0, 0.05) is 16.7 Å². The fourth-order valence-electron chi connectivity index (χ4n) is 10.1. The monoisotopic (exact) mass is 740 g/mol. The summed E-state index contributed by atoms with van der Waals surface area (Å²) in [6.07, 6.45) is 0. The third-order valence-corrected chi connectivity index (χ3v) is 13.3. The van der Waals surface area contributed by atoms with Crippen LogP contribution in [0.5, 0.6) is 0 Å². The van der Waals surface area contributed by atoms with Gasteiger partial charge in [-0.1, -0.05) is 215 Å². The van der Waals surface area contributed by atoms with Gasteiger partial charge in [0.2, 0.25) is 0 Å². The van der Waals surface area contributed by atoms with Gasteiger partial charge in [-0.15, -0.1) is 0 Å². The van der Waals surface area contributed by atoms with Gasteiger partial charge < -0.3 is 0 Å². The number of benzene rings is 7. The third kappa shape index (κ3) is 6.03. The van der Waals surface area contributed by atoms with Crippen LogP contribution >= 0.6 is 0 Å². The first kappa shape index (κ1) is 37.1. The lowest BCUT2D eigenvalue weighted by Crippen LogP contribution is -2.24. The Balaban J connectivity index is 1.17. The summed E-state index contributed by atoms with van der Waals surface area (Å²) >= 11 is 0. The van der Waals surface area contributed by atoms with Crippen LogP contribution in [0.15, 0.2) is 152 Å². The summed E-state index contributed by atoms with van der Waals surface area (Å²) in [7, 11) is 0. The second-order valence-electron chi connectivity index (χ2n) is 19.8. The smallest absolute Gasteiger partial charge is 0.0340 e. The molecule has 0 heteroatoms. The van der Waals surface area contributed by atoms with E-state index >= 15 is 0 Å². The molecule has 1 unspecified atom stereocenters. The molecular formula is C57H56. The molecule has 0 saturated carbocycles. The highest BCUT2D eigenvalue weighted by Crippen LogP contribution is 2.55. The normalized spacial score (nSPS) is 15.4. The molecule has 7 aromatic carbocycles. The molecule has 9 rings (SSSR count). The molecule has 284 valence electrons. The van der Waals surface area contributed by atoms with E-state index in [1.807, 2.05) is 0 Å². The van der Waals surface area contributed by atoms with E-state index < -0.39 is 0 Å². The Bertz CT molecular complexity index is 2650.